The third-order valence-corrected chi connectivity index (χ3v) is 4.08. The molecular formula is C19H21N3O3. The number of fused-ring (bicyclic) bond motifs is 1. The normalized spacial score (nSPS) is 12.1. The van der Waals surface area contributed by atoms with E-state index >= 15 is 0 Å². The van der Waals surface area contributed by atoms with Crippen LogP contribution in [0.15, 0.2) is 48.7 Å². The maximum Gasteiger partial charge on any atom is 0.342 e. The van der Waals surface area contributed by atoms with Gasteiger partial charge in [-0.2, -0.15) is 5.10 Å². The summed E-state index contributed by atoms with van der Waals surface area (Å²) in [6.45, 7) is 0.296. The molecule has 0 radical (unpaired) electrons. The van der Waals surface area contributed by atoms with Crippen molar-refractivity contribution in [3.8, 4) is 5.75 Å². The first-order valence-corrected chi connectivity index (χ1v) is 8.05. The first kappa shape index (κ1) is 17.0. The van der Waals surface area contributed by atoms with Crippen molar-refractivity contribution in [2.24, 2.45) is 12.8 Å². The molecule has 2 N–H and O–H groups in total. The van der Waals surface area contributed by atoms with Gasteiger partial charge in [0.15, 0.2) is 0 Å². The highest BCUT2D eigenvalue weighted by molar-refractivity contribution is 6.06. The van der Waals surface area contributed by atoms with E-state index in [0.717, 1.165) is 11.1 Å². The largest absolute Gasteiger partial charge is 0.491 e. The standard InChI is InChI=1S/C19H21N3O3/c1-22-16-8-9-17(18(19(23)24-2)15(16)11-21-22)25-12-14(20)10-13-6-4-3-5-7-13/h3-9,11,14H,10,12,20H2,1-2H3/t14-/m1/s1. The summed E-state index contributed by atoms with van der Waals surface area (Å²) >= 11 is 0. The zero-order valence-corrected chi connectivity index (χ0v) is 14.3. The zero-order chi connectivity index (χ0) is 17.8. The summed E-state index contributed by atoms with van der Waals surface area (Å²) in [6, 6.07) is 13.4. The minimum atomic E-state index is -0.453. The van der Waals surface area contributed by atoms with Gasteiger partial charge in [-0.1, -0.05) is 30.3 Å². The van der Waals surface area contributed by atoms with Crippen molar-refractivity contribution in [1.82, 2.24) is 9.78 Å². The Morgan fingerprint density at radius 3 is 2.72 bits per heavy atom. The molecule has 1 aromatic heterocycles. The van der Waals surface area contributed by atoms with Crippen LogP contribution in [0.3, 0.4) is 0 Å². The topological polar surface area (TPSA) is 79.4 Å². The van der Waals surface area contributed by atoms with Crippen molar-refractivity contribution >= 4 is 16.9 Å². The van der Waals surface area contributed by atoms with Crippen LogP contribution in [0.4, 0.5) is 0 Å². The van der Waals surface area contributed by atoms with E-state index in [4.69, 9.17) is 15.2 Å². The number of aromatic nitrogens is 2. The van der Waals surface area contributed by atoms with Crippen molar-refractivity contribution in [2.45, 2.75) is 12.5 Å². The van der Waals surface area contributed by atoms with E-state index in [1.54, 1.807) is 16.9 Å². The number of nitrogens with two attached hydrogens (primary N) is 1. The molecule has 25 heavy (non-hydrogen) atoms. The number of esters is 1. The zero-order valence-electron chi connectivity index (χ0n) is 14.3. The first-order valence-electron chi connectivity index (χ1n) is 8.05. The highest BCUT2D eigenvalue weighted by Crippen LogP contribution is 2.28. The summed E-state index contributed by atoms with van der Waals surface area (Å²) < 4.78 is 12.5. The highest BCUT2D eigenvalue weighted by atomic mass is 16.5. The Labute approximate surface area is 146 Å². The third kappa shape index (κ3) is 3.64. The lowest BCUT2D eigenvalue weighted by Gasteiger charge is -2.15. The number of benzene rings is 2. The van der Waals surface area contributed by atoms with E-state index in [1.807, 2.05) is 43.4 Å². The molecule has 1 heterocycles. The molecule has 2 aromatic carbocycles. The predicted molar refractivity (Wildman–Crippen MR) is 95.7 cm³/mol. The van der Waals surface area contributed by atoms with Crippen LogP contribution in [-0.2, 0) is 18.2 Å². The predicted octanol–water partition coefficient (Wildman–Crippen LogP) is 2.31. The van der Waals surface area contributed by atoms with Gasteiger partial charge in [-0.25, -0.2) is 4.79 Å². The number of aryl methyl sites for hydroxylation is 1. The van der Waals surface area contributed by atoms with Crippen LogP contribution in [0, 0.1) is 0 Å². The average Bonchev–Trinajstić information content (AvgIpc) is 3.01. The Balaban J connectivity index is 1.80. The van der Waals surface area contributed by atoms with Gasteiger partial charge in [0.1, 0.15) is 17.9 Å². The molecule has 0 saturated heterocycles. The molecule has 0 unspecified atom stereocenters. The molecule has 0 bridgehead atoms. The van der Waals surface area contributed by atoms with Gasteiger partial charge in [-0.05, 0) is 24.1 Å². The Morgan fingerprint density at radius 2 is 2.00 bits per heavy atom. The van der Waals surface area contributed by atoms with Crippen molar-refractivity contribution in [2.75, 3.05) is 13.7 Å². The molecule has 3 rings (SSSR count). The second-order valence-corrected chi connectivity index (χ2v) is 5.89. The van der Waals surface area contributed by atoms with E-state index in [-0.39, 0.29) is 6.04 Å². The summed E-state index contributed by atoms with van der Waals surface area (Å²) in [5.41, 5.74) is 8.53. The molecule has 1 atom stereocenters. The van der Waals surface area contributed by atoms with Gasteiger partial charge in [0.25, 0.3) is 0 Å². The number of hydrogen-bond acceptors (Lipinski definition) is 5. The summed E-state index contributed by atoms with van der Waals surface area (Å²) in [5.74, 6) is 0.00101. The number of rotatable bonds is 6. The van der Waals surface area contributed by atoms with E-state index in [9.17, 15) is 4.79 Å². The first-order chi connectivity index (χ1) is 12.1. The Hall–Kier alpha value is -2.86. The lowest BCUT2D eigenvalue weighted by atomic mass is 10.1. The van der Waals surface area contributed by atoms with Crippen LogP contribution >= 0.6 is 0 Å². The second-order valence-electron chi connectivity index (χ2n) is 5.89. The molecule has 0 fully saturated rings. The van der Waals surface area contributed by atoms with E-state index in [2.05, 4.69) is 5.10 Å². The van der Waals surface area contributed by atoms with Crippen molar-refractivity contribution in [3.63, 3.8) is 0 Å². The van der Waals surface area contributed by atoms with Crippen LogP contribution in [-0.4, -0.2) is 35.5 Å². The lowest BCUT2D eigenvalue weighted by molar-refractivity contribution is 0.0598. The quantitative estimate of drug-likeness (QED) is 0.697. The van der Waals surface area contributed by atoms with Gasteiger partial charge in [0.05, 0.1) is 18.8 Å². The second kappa shape index (κ2) is 7.36. The fourth-order valence-corrected chi connectivity index (χ4v) is 2.81. The van der Waals surface area contributed by atoms with Gasteiger partial charge in [0.2, 0.25) is 0 Å². The Bertz CT molecular complexity index is 874. The van der Waals surface area contributed by atoms with Crippen LogP contribution in [0.1, 0.15) is 15.9 Å². The molecule has 0 aliphatic rings. The fourth-order valence-electron chi connectivity index (χ4n) is 2.81. The van der Waals surface area contributed by atoms with Crippen molar-refractivity contribution in [1.29, 1.82) is 0 Å². The van der Waals surface area contributed by atoms with Crippen LogP contribution < -0.4 is 10.5 Å². The maximum absolute atomic E-state index is 12.2. The SMILES string of the molecule is COC(=O)c1c(OC[C@H](N)Cc2ccccc2)ccc2c1cnn2C. The van der Waals surface area contributed by atoms with E-state index in [0.29, 0.717) is 29.7 Å². The number of ether oxygens (including phenoxy) is 2. The maximum atomic E-state index is 12.2. The smallest absolute Gasteiger partial charge is 0.342 e. The lowest BCUT2D eigenvalue weighted by Crippen LogP contribution is -2.30. The highest BCUT2D eigenvalue weighted by Gasteiger charge is 2.20. The molecule has 0 aliphatic carbocycles. The minimum absolute atomic E-state index is 0.183. The van der Waals surface area contributed by atoms with E-state index < -0.39 is 5.97 Å². The van der Waals surface area contributed by atoms with Gasteiger partial charge in [-0.3, -0.25) is 4.68 Å². The number of hydrogen-bond donors (Lipinski definition) is 1. The van der Waals surface area contributed by atoms with Crippen LogP contribution in [0.25, 0.3) is 10.9 Å². The Kier molecular flexibility index (Phi) is 5.00. The number of nitrogens with zero attached hydrogens (tertiary/aromatic N) is 2. The molecular weight excluding hydrogens is 318 g/mol. The van der Waals surface area contributed by atoms with Crippen LogP contribution in [0.5, 0.6) is 5.75 Å². The van der Waals surface area contributed by atoms with Crippen molar-refractivity contribution < 1.29 is 14.3 Å². The molecule has 6 heteroatoms. The molecule has 0 spiro atoms. The number of methoxy groups -OCH3 is 1. The molecule has 0 saturated carbocycles. The average molecular weight is 339 g/mol. The molecule has 3 aromatic rings. The fraction of sp³-hybridized carbons (Fsp3) is 0.263. The summed E-state index contributed by atoms with van der Waals surface area (Å²) in [5, 5.41) is 4.89. The third-order valence-electron chi connectivity index (χ3n) is 4.08. The van der Waals surface area contributed by atoms with Crippen molar-refractivity contribution in [3.05, 3.63) is 59.8 Å². The Morgan fingerprint density at radius 1 is 1.24 bits per heavy atom. The van der Waals surface area contributed by atoms with Gasteiger partial charge < -0.3 is 15.2 Å². The minimum Gasteiger partial charge on any atom is -0.491 e. The summed E-state index contributed by atoms with van der Waals surface area (Å²) in [7, 11) is 3.17. The monoisotopic (exact) mass is 339 g/mol. The number of carbonyl (C=O) groups excluding carboxylic acids is 1. The van der Waals surface area contributed by atoms with Gasteiger partial charge in [0, 0.05) is 18.5 Å². The summed E-state index contributed by atoms with van der Waals surface area (Å²) in [6.07, 6.45) is 2.34. The molecule has 0 amide bonds. The molecule has 6 nitrogen and oxygen atoms in total. The van der Waals surface area contributed by atoms with Crippen LogP contribution in [0.2, 0.25) is 0 Å². The number of carbonyl (C=O) groups is 1. The molecule has 130 valence electrons. The van der Waals surface area contributed by atoms with Gasteiger partial charge >= 0.3 is 5.97 Å². The molecule has 0 aliphatic heterocycles. The summed E-state index contributed by atoms with van der Waals surface area (Å²) in [4.78, 5) is 12.2. The van der Waals surface area contributed by atoms with E-state index in [1.165, 1.54) is 7.11 Å². The van der Waals surface area contributed by atoms with Gasteiger partial charge in [-0.15, -0.1) is 0 Å².